The van der Waals surface area contributed by atoms with Crippen molar-refractivity contribution in [2.75, 3.05) is 20.3 Å². The van der Waals surface area contributed by atoms with Crippen LogP contribution in [0.2, 0.25) is 0 Å². The number of aliphatic hydroxyl groups excluding tert-OH is 1. The molecule has 5 rings (SSSR count). The van der Waals surface area contributed by atoms with E-state index in [9.17, 15) is 14.7 Å². The second-order valence-electron chi connectivity index (χ2n) is 8.16. The molecular formula is C27H24N2O4. The first-order chi connectivity index (χ1) is 16.1. The van der Waals surface area contributed by atoms with E-state index in [1.165, 1.54) is 0 Å². The predicted octanol–water partition coefficient (Wildman–Crippen LogP) is 4.78. The van der Waals surface area contributed by atoms with Crippen LogP contribution in [0.1, 0.15) is 23.6 Å². The quantitative estimate of drug-likeness (QED) is 0.196. The van der Waals surface area contributed by atoms with Crippen LogP contribution in [0.15, 0.2) is 78.5 Å². The first-order valence-corrected chi connectivity index (χ1v) is 10.9. The molecule has 6 nitrogen and oxygen atoms in total. The fourth-order valence-corrected chi connectivity index (χ4v) is 4.71. The smallest absolute Gasteiger partial charge is 0.295 e. The van der Waals surface area contributed by atoms with Gasteiger partial charge in [-0.3, -0.25) is 9.59 Å². The molecule has 0 saturated carbocycles. The number of aromatic amines is 1. The zero-order valence-corrected chi connectivity index (χ0v) is 18.2. The molecule has 6 heteroatoms. The van der Waals surface area contributed by atoms with E-state index in [1.807, 2.05) is 66.7 Å². The molecule has 1 amide bonds. The lowest BCUT2D eigenvalue weighted by atomic mass is 9.91. The third-order valence-corrected chi connectivity index (χ3v) is 6.25. The highest BCUT2D eigenvalue weighted by Gasteiger charge is 2.46. The fraction of sp³-hybridized carbons (Fsp3) is 0.185. The molecule has 0 bridgehead atoms. The van der Waals surface area contributed by atoms with Crippen LogP contribution in [0.4, 0.5) is 0 Å². The van der Waals surface area contributed by atoms with Crippen LogP contribution in [-0.2, 0) is 14.3 Å². The summed E-state index contributed by atoms with van der Waals surface area (Å²) in [7, 11) is 1.60. The Balaban J connectivity index is 1.73. The minimum absolute atomic E-state index is 0.110. The molecule has 0 spiro atoms. The number of ether oxygens (including phenoxy) is 1. The van der Waals surface area contributed by atoms with Crippen molar-refractivity contribution in [1.29, 1.82) is 0 Å². The number of aromatic nitrogens is 1. The first kappa shape index (κ1) is 21.0. The van der Waals surface area contributed by atoms with Crippen LogP contribution in [-0.4, -0.2) is 46.9 Å². The Labute approximate surface area is 191 Å². The van der Waals surface area contributed by atoms with Crippen molar-refractivity contribution < 1.29 is 19.4 Å². The van der Waals surface area contributed by atoms with Crippen molar-refractivity contribution in [1.82, 2.24) is 9.88 Å². The molecule has 33 heavy (non-hydrogen) atoms. The predicted molar refractivity (Wildman–Crippen MR) is 128 cm³/mol. The van der Waals surface area contributed by atoms with Gasteiger partial charge in [0.1, 0.15) is 5.76 Å². The molecule has 0 radical (unpaired) electrons. The number of hydrogen-bond donors (Lipinski definition) is 2. The number of aliphatic hydroxyl groups is 1. The van der Waals surface area contributed by atoms with Gasteiger partial charge in [0.15, 0.2) is 0 Å². The number of para-hydroxylation sites is 1. The second-order valence-corrected chi connectivity index (χ2v) is 8.16. The molecule has 1 unspecified atom stereocenters. The van der Waals surface area contributed by atoms with Gasteiger partial charge in [-0.25, -0.2) is 0 Å². The van der Waals surface area contributed by atoms with Crippen LogP contribution >= 0.6 is 0 Å². The van der Waals surface area contributed by atoms with Gasteiger partial charge in [0.05, 0.1) is 11.6 Å². The molecular weight excluding hydrogens is 416 g/mol. The van der Waals surface area contributed by atoms with Crippen molar-refractivity contribution in [2.45, 2.75) is 12.5 Å². The molecule has 2 N–H and O–H groups in total. The maximum Gasteiger partial charge on any atom is 0.295 e. The van der Waals surface area contributed by atoms with Crippen LogP contribution in [0.3, 0.4) is 0 Å². The van der Waals surface area contributed by atoms with Gasteiger partial charge in [-0.05, 0) is 28.8 Å². The van der Waals surface area contributed by atoms with E-state index in [0.29, 0.717) is 25.1 Å². The summed E-state index contributed by atoms with van der Waals surface area (Å²) in [5.41, 5.74) is 2.27. The number of carbonyl (C=O) groups is 2. The lowest BCUT2D eigenvalue weighted by Gasteiger charge is -2.26. The number of rotatable bonds is 6. The summed E-state index contributed by atoms with van der Waals surface area (Å²) in [6.45, 7) is 0.810. The lowest BCUT2D eigenvalue weighted by molar-refractivity contribution is -0.140. The number of nitrogens with zero attached hydrogens (tertiary/aromatic N) is 1. The highest BCUT2D eigenvalue weighted by Crippen LogP contribution is 2.42. The SMILES string of the molecule is COCCCN1C(=O)C(=O)/C(=C(/O)c2c[nH]c3ccccc23)C1c1cccc2ccccc12. The minimum Gasteiger partial charge on any atom is -0.507 e. The van der Waals surface area contributed by atoms with Gasteiger partial charge in [-0.2, -0.15) is 0 Å². The Kier molecular flexibility index (Phi) is 5.44. The topological polar surface area (TPSA) is 82.6 Å². The summed E-state index contributed by atoms with van der Waals surface area (Å²) in [4.78, 5) is 31.1. The van der Waals surface area contributed by atoms with Gasteiger partial charge in [0.2, 0.25) is 0 Å². The average Bonchev–Trinajstić information content (AvgIpc) is 3.38. The number of ketones is 1. The number of hydrogen-bond acceptors (Lipinski definition) is 4. The van der Waals surface area contributed by atoms with Crippen LogP contribution in [0, 0.1) is 0 Å². The number of likely N-dealkylation sites (tertiary alicyclic amines) is 1. The van der Waals surface area contributed by atoms with E-state index < -0.39 is 17.7 Å². The maximum absolute atomic E-state index is 13.3. The number of amides is 1. The zero-order chi connectivity index (χ0) is 22.9. The normalized spacial score (nSPS) is 18.0. The number of benzene rings is 3. The monoisotopic (exact) mass is 440 g/mol. The Bertz CT molecular complexity index is 1400. The molecule has 1 saturated heterocycles. The molecule has 1 aliphatic heterocycles. The molecule has 1 aromatic heterocycles. The van der Waals surface area contributed by atoms with E-state index in [4.69, 9.17) is 4.74 Å². The van der Waals surface area contributed by atoms with Gasteiger partial charge >= 0.3 is 0 Å². The molecule has 1 fully saturated rings. The van der Waals surface area contributed by atoms with Gasteiger partial charge in [0.25, 0.3) is 11.7 Å². The molecule has 3 aromatic carbocycles. The van der Waals surface area contributed by atoms with E-state index >= 15 is 0 Å². The van der Waals surface area contributed by atoms with Crippen LogP contribution in [0.5, 0.6) is 0 Å². The Morgan fingerprint density at radius 3 is 2.55 bits per heavy atom. The van der Waals surface area contributed by atoms with Crippen molar-refractivity contribution >= 4 is 39.1 Å². The summed E-state index contributed by atoms with van der Waals surface area (Å²) in [6.07, 6.45) is 2.26. The Morgan fingerprint density at radius 1 is 1.00 bits per heavy atom. The van der Waals surface area contributed by atoms with Gasteiger partial charge in [0, 0.05) is 42.9 Å². The molecule has 0 aliphatic carbocycles. The molecule has 2 heterocycles. The number of methoxy groups -OCH3 is 1. The number of nitrogens with one attached hydrogen (secondary N) is 1. The van der Waals surface area contributed by atoms with E-state index in [1.54, 1.807) is 18.2 Å². The molecule has 1 aliphatic rings. The largest absolute Gasteiger partial charge is 0.507 e. The third kappa shape index (κ3) is 3.49. The van der Waals surface area contributed by atoms with Crippen molar-refractivity contribution in [3.63, 3.8) is 0 Å². The summed E-state index contributed by atoms with van der Waals surface area (Å²) in [5, 5.41) is 14.2. The summed E-state index contributed by atoms with van der Waals surface area (Å²) in [6, 6.07) is 20.5. The summed E-state index contributed by atoms with van der Waals surface area (Å²) >= 11 is 0. The fourth-order valence-electron chi connectivity index (χ4n) is 4.71. The molecule has 4 aromatic rings. The van der Waals surface area contributed by atoms with Gasteiger partial charge in [-0.15, -0.1) is 0 Å². The lowest BCUT2D eigenvalue weighted by Crippen LogP contribution is -2.31. The second kappa shape index (κ2) is 8.56. The average molecular weight is 440 g/mol. The minimum atomic E-state index is -0.693. The molecule has 166 valence electrons. The highest BCUT2D eigenvalue weighted by atomic mass is 16.5. The highest BCUT2D eigenvalue weighted by molar-refractivity contribution is 6.46. The summed E-state index contributed by atoms with van der Waals surface area (Å²) in [5.74, 6) is -1.45. The van der Waals surface area contributed by atoms with Gasteiger partial charge in [-0.1, -0.05) is 60.7 Å². The Hall–Kier alpha value is -3.90. The van der Waals surface area contributed by atoms with E-state index in [2.05, 4.69) is 4.98 Å². The number of fused-ring (bicyclic) bond motifs is 2. The van der Waals surface area contributed by atoms with Crippen LogP contribution in [0.25, 0.3) is 27.4 Å². The third-order valence-electron chi connectivity index (χ3n) is 6.25. The summed E-state index contributed by atoms with van der Waals surface area (Å²) < 4.78 is 5.17. The van der Waals surface area contributed by atoms with Gasteiger partial charge < -0.3 is 19.7 Å². The van der Waals surface area contributed by atoms with Crippen molar-refractivity contribution in [2.24, 2.45) is 0 Å². The maximum atomic E-state index is 13.3. The van der Waals surface area contributed by atoms with E-state index in [0.717, 1.165) is 27.2 Å². The van der Waals surface area contributed by atoms with E-state index in [-0.39, 0.29) is 11.3 Å². The number of carbonyl (C=O) groups excluding carboxylic acids is 2. The number of H-pyrrole nitrogens is 1. The standard InChI is InChI=1S/C27H24N2O4/c1-33-15-7-14-29-24(20-12-6-9-17-8-2-3-10-18(17)20)23(26(31)27(29)32)25(30)21-16-28-22-13-5-4-11-19(21)22/h2-6,8-13,16,24,28,30H,7,14-15H2,1H3/b25-23+. The number of Topliss-reactive ketones (excluding diaryl/α,β-unsaturated/α-hetero) is 1. The zero-order valence-electron chi connectivity index (χ0n) is 18.2. The first-order valence-electron chi connectivity index (χ1n) is 10.9. The van der Waals surface area contributed by atoms with Crippen molar-refractivity contribution in [3.05, 3.63) is 89.6 Å². The Morgan fingerprint density at radius 2 is 1.73 bits per heavy atom. The molecule has 1 atom stereocenters. The van der Waals surface area contributed by atoms with Crippen molar-refractivity contribution in [3.8, 4) is 0 Å². The van der Waals surface area contributed by atoms with Crippen LogP contribution < -0.4 is 0 Å².